The fourth-order valence-corrected chi connectivity index (χ4v) is 3.64. The minimum Gasteiger partial charge on any atom is -0.443 e. The van der Waals surface area contributed by atoms with E-state index < -0.39 is 11.7 Å². The van der Waals surface area contributed by atoms with Crippen molar-refractivity contribution in [3.63, 3.8) is 0 Å². The Morgan fingerprint density at radius 1 is 0.967 bits per heavy atom. The van der Waals surface area contributed by atoms with Crippen molar-refractivity contribution in [1.29, 1.82) is 0 Å². The van der Waals surface area contributed by atoms with Crippen molar-refractivity contribution in [2.75, 3.05) is 0 Å². The lowest BCUT2D eigenvalue weighted by Gasteiger charge is -2.27. The van der Waals surface area contributed by atoms with Crippen molar-refractivity contribution in [3.05, 3.63) is 82.9 Å². The molecule has 4 heteroatoms. The largest absolute Gasteiger partial charge is 0.443 e. The number of carbonyl (C=O) groups excluding carboxylic acids is 2. The van der Waals surface area contributed by atoms with Crippen LogP contribution in [0.15, 0.2) is 66.2 Å². The van der Waals surface area contributed by atoms with Crippen LogP contribution in [0, 0.1) is 0 Å². The Hall–Kier alpha value is -2.88. The zero-order valence-corrected chi connectivity index (χ0v) is 18.2. The normalized spacial score (nSPS) is 14.0. The van der Waals surface area contributed by atoms with E-state index in [2.05, 4.69) is 6.08 Å². The lowest BCUT2D eigenvalue weighted by Crippen LogP contribution is -2.40. The predicted octanol–water partition coefficient (Wildman–Crippen LogP) is 6.31. The highest BCUT2D eigenvalue weighted by Crippen LogP contribution is 2.24. The molecule has 2 amide bonds. The maximum Gasteiger partial charge on any atom is 0.417 e. The van der Waals surface area contributed by atoms with Crippen molar-refractivity contribution in [1.82, 2.24) is 4.90 Å². The van der Waals surface area contributed by atoms with Crippen LogP contribution in [0.1, 0.15) is 67.9 Å². The van der Waals surface area contributed by atoms with Gasteiger partial charge in [0.15, 0.2) is 0 Å². The second-order valence-electron chi connectivity index (χ2n) is 8.80. The van der Waals surface area contributed by atoms with Crippen LogP contribution in [-0.2, 0) is 17.7 Å². The van der Waals surface area contributed by atoms with Gasteiger partial charge in [-0.2, -0.15) is 0 Å². The van der Waals surface area contributed by atoms with Gasteiger partial charge in [0.05, 0.1) is 6.54 Å². The van der Waals surface area contributed by atoms with E-state index in [0.29, 0.717) is 5.56 Å². The molecule has 3 rings (SSSR count). The minimum atomic E-state index is -0.682. The van der Waals surface area contributed by atoms with Crippen molar-refractivity contribution in [2.24, 2.45) is 0 Å². The molecule has 158 valence electrons. The molecule has 0 saturated heterocycles. The van der Waals surface area contributed by atoms with Gasteiger partial charge >= 0.3 is 6.09 Å². The Morgan fingerprint density at radius 2 is 1.67 bits per heavy atom. The number of amides is 2. The molecule has 0 radical (unpaired) electrons. The molecule has 0 aliphatic heterocycles. The van der Waals surface area contributed by atoms with E-state index in [4.69, 9.17) is 4.74 Å². The molecule has 1 aliphatic carbocycles. The number of benzene rings is 2. The van der Waals surface area contributed by atoms with Crippen LogP contribution in [0.3, 0.4) is 0 Å². The summed E-state index contributed by atoms with van der Waals surface area (Å²) >= 11 is 0. The lowest BCUT2D eigenvalue weighted by atomic mass is 9.92. The minimum absolute atomic E-state index is 0.172. The quantitative estimate of drug-likeness (QED) is 0.548. The Morgan fingerprint density at radius 3 is 2.33 bits per heavy atom. The standard InChI is InChI=1S/C26H31NO3/c1-26(2,3)30-25(29)27(19-21-14-8-5-9-15-21)24(28)23-17-11-10-16-22(23)18-20-12-6-4-7-13-20/h5,8-12,14-17H,4,6-7,13,18-19H2,1-3H3. The van der Waals surface area contributed by atoms with Gasteiger partial charge < -0.3 is 4.74 Å². The van der Waals surface area contributed by atoms with E-state index in [1.54, 1.807) is 20.8 Å². The topological polar surface area (TPSA) is 46.6 Å². The SMILES string of the molecule is CC(C)(C)OC(=O)N(Cc1ccccc1)C(=O)c1ccccc1CC1=CCCCC1. The van der Waals surface area contributed by atoms with Gasteiger partial charge in [-0.05, 0) is 70.1 Å². The van der Waals surface area contributed by atoms with Gasteiger partial charge in [0, 0.05) is 5.56 Å². The second kappa shape index (κ2) is 9.75. The summed E-state index contributed by atoms with van der Waals surface area (Å²) in [7, 11) is 0. The molecule has 30 heavy (non-hydrogen) atoms. The number of hydrogen-bond donors (Lipinski definition) is 0. The average molecular weight is 406 g/mol. The summed E-state index contributed by atoms with van der Waals surface area (Å²) in [5, 5.41) is 0. The first-order valence-corrected chi connectivity index (χ1v) is 10.7. The van der Waals surface area contributed by atoms with Gasteiger partial charge in [-0.3, -0.25) is 4.79 Å². The third-order valence-electron chi connectivity index (χ3n) is 5.09. The highest BCUT2D eigenvalue weighted by Gasteiger charge is 2.29. The van der Waals surface area contributed by atoms with Crippen LogP contribution in [0.5, 0.6) is 0 Å². The molecule has 0 heterocycles. The molecule has 2 aromatic rings. The highest BCUT2D eigenvalue weighted by atomic mass is 16.6. The molecule has 2 aromatic carbocycles. The monoisotopic (exact) mass is 405 g/mol. The smallest absolute Gasteiger partial charge is 0.417 e. The fraction of sp³-hybridized carbons (Fsp3) is 0.385. The summed E-state index contributed by atoms with van der Waals surface area (Å²) < 4.78 is 5.56. The molecule has 0 aromatic heterocycles. The van der Waals surface area contributed by atoms with Crippen molar-refractivity contribution in [3.8, 4) is 0 Å². The number of rotatable bonds is 5. The lowest BCUT2D eigenvalue weighted by molar-refractivity contribution is 0.0227. The average Bonchev–Trinajstić information content (AvgIpc) is 2.72. The van der Waals surface area contributed by atoms with Gasteiger partial charge in [-0.1, -0.05) is 60.2 Å². The third kappa shape index (κ3) is 6.06. The van der Waals surface area contributed by atoms with E-state index in [1.165, 1.54) is 23.3 Å². The number of ether oxygens (including phenoxy) is 1. The van der Waals surface area contributed by atoms with Crippen molar-refractivity contribution in [2.45, 2.75) is 65.0 Å². The van der Waals surface area contributed by atoms with E-state index in [9.17, 15) is 9.59 Å². The molecule has 0 atom stereocenters. The molecule has 0 unspecified atom stereocenters. The maximum absolute atomic E-state index is 13.5. The molecule has 4 nitrogen and oxygen atoms in total. The Labute approximate surface area is 179 Å². The summed E-state index contributed by atoms with van der Waals surface area (Å²) in [6.45, 7) is 5.59. The zero-order chi connectivity index (χ0) is 21.6. The molecular formula is C26H31NO3. The van der Waals surface area contributed by atoms with E-state index in [-0.39, 0.29) is 12.5 Å². The first kappa shape index (κ1) is 21.8. The second-order valence-corrected chi connectivity index (χ2v) is 8.80. The van der Waals surface area contributed by atoms with Crippen LogP contribution in [0.4, 0.5) is 4.79 Å². The van der Waals surface area contributed by atoms with Gasteiger partial charge in [-0.25, -0.2) is 9.69 Å². The first-order valence-electron chi connectivity index (χ1n) is 10.7. The Bertz CT molecular complexity index is 909. The van der Waals surface area contributed by atoms with Crippen LogP contribution in [-0.4, -0.2) is 22.5 Å². The predicted molar refractivity (Wildman–Crippen MR) is 119 cm³/mol. The van der Waals surface area contributed by atoms with Crippen LogP contribution >= 0.6 is 0 Å². The maximum atomic E-state index is 13.5. The molecule has 0 fully saturated rings. The molecule has 1 aliphatic rings. The number of allylic oxidation sites excluding steroid dienone is 2. The van der Waals surface area contributed by atoms with E-state index >= 15 is 0 Å². The van der Waals surface area contributed by atoms with E-state index in [1.807, 2.05) is 54.6 Å². The molecule has 0 spiro atoms. The summed E-state index contributed by atoms with van der Waals surface area (Å²) in [6.07, 6.45) is 7.01. The van der Waals surface area contributed by atoms with Crippen LogP contribution in [0.25, 0.3) is 0 Å². The molecule has 0 bridgehead atoms. The fourth-order valence-electron chi connectivity index (χ4n) is 3.64. The molecule has 0 saturated carbocycles. The summed E-state index contributed by atoms with van der Waals surface area (Å²) in [4.78, 5) is 27.7. The molecular weight excluding hydrogens is 374 g/mol. The van der Waals surface area contributed by atoms with Crippen molar-refractivity contribution < 1.29 is 14.3 Å². The van der Waals surface area contributed by atoms with Crippen molar-refractivity contribution >= 4 is 12.0 Å². The summed E-state index contributed by atoms with van der Waals surface area (Å²) in [5.74, 6) is -0.319. The summed E-state index contributed by atoms with van der Waals surface area (Å²) in [5.41, 5.74) is 3.08. The van der Waals surface area contributed by atoms with Gasteiger partial charge in [0.25, 0.3) is 5.91 Å². The third-order valence-corrected chi connectivity index (χ3v) is 5.09. The zero-order valence-electron chi connectivity index (χ0n) is 18.2. The number of imide groups is 1. The summed E-state index contributed by atoms with van der Waals surface area (Å²) in [6, 6.07) is 17.1. The first-order chi connectivity index (χ1) is 14.3. The number of hydrogen-bond acceptors (Lipinski definition) is 3. The Balaban J connectivity index is 1.90. The van der Waals surface area contributed by atoms with Gasteiger partial charge in [-0.15, -0.1) is 0 Å². The number of carbonyl (C=O) groups is 2. The van der Waals surface area contributed by atoms with Gasteiger partial charge in [0.1, 0.15) is 5.60 Å². The van der Waals surface area contributed by atoms with Crippen LogP contribution in [0.2, 0.25) is 0 Å². The highest BCUT2D eigenvalue weighted by molar-refractivity contribution is 6.04. The van der Waals surface area contributed by atoms with Gasteiger partial charge in [0.2, 0.25) is 0 Å². The van der Waals surface area contributed by atoms with E-state index in [0.717, 1.165) is 30.4 Å². The molecule has 0 N–H and O–H groups in total. The Kier molecular flexibility index (Phi) is 7.09. The van der Waals surface area contributed by atoms with Crippen LogP contribution < -0.4 is 0 Å². The number of nitrogens with zero attached hydrogens (tertiary/aromatic N) is 1.